The van der Waals surface area contributed by atoms with Crippen molar-refractivity contribution in [3.05, 3.63) is 29.8 Å². The van der Waals surface area contributed by atoms with Gasteiger partial charge in [0, 0.05) is 18.2 Å². The van der Waals surface area contributed by atoms with Crippen LogP contribution in [0, 0.1) is 11.8 Å². The number of carbonyl (C=O) groups excluding carboxylic acids is 1. The van der Waals surface area contributed by atoms with Gasteiger partial charge in [-0.15, -0.1) is 0 Å². The first-order valence-corrected chi connectivity index (χ1v) is 4.66. The number of nitrogens with one attached hydrogen (secondary N) is 1. The van der Waals surface area contributed by atoms with Gasteiger partial charge in [-0.2, -0.15) is 0 Å². The summed E-state index contributed by atoms with van der Waals surface area (Å²) in [4.78, 5) is 21.0. The maximum Gasteiger partial charge on any atom is 0.315 e. The number of carboxylic acids is 1. The molecule has 0 saturated carbocycles. The number of anilines is 1. The van der Waals surface area contributed by atoms with E-state index in [0.29, 0.717) is 5.69 Å². The van der Waals surface area contributed by atoms with Crippen molar-refractivity contribution in [3.63, 3.8) is 0 Å². The van der Waals surface area contributed by atoms with Crippen molar-refractivity contribution in [2.45, 2.75) is 13.3 Å². The Balaban J connectivity index is 2.66. The fraction of sp³-hybridized carbons (Fsp3) is 0.167. The molecule has 82 valence electrons. The van der Waals surface area contributed by atoms with E-state index in [9.17, 15) is 9.59 Å². The normalized spacial score (nSPS) is 8.81. The highest BCUT2D eigenvalue weighted by Gasteiger charge is 1.94. The second-order valence-electron chi connectivity index (χ2n) is 3.13. The molecular weight excluding hydrogens is 206 g/mol. The second kappa shape index (κ2) is 5.56. The molecule has 1 aromatic rings. The molecule has 0 spiro atoms. The zero-order valence-corrected chi connectivity index (χ0v) is 8.78. The van der Waals surface area contributed by atoms with Crippen molar-refractivity contribution >= 4 is 17.6 Å². The van der Waals surface area contributed by atoms with E-state index in [1.165, 1.54) is 6.92 Å². The Kier molecular flexibility index (Phi) is 4.10. The van der Waals surface area contributed by atoms with Crippen molar-refractivity contribution in [3.8, 4) is 11.8 Å². The summed E-state index contributed by atoms with van der Waals surface area (Å²) in [6.45, 7) is 1.43. The van der Waals surface area contributed by atoms with E-state index in [4.69, 9.17) is 5.11 Å². The van der Waals surface area contributed by atoms with Gasteiger partial charge in [-0.3, -0.25) is 9.59 Å². The molecule has 1 aromatic carbocycles. The number of benzene rings is 1. The Bertz CT molecular complexity index is 451. The first kappa shape index (κ1) is 11.8. The van der Waals surface area contributed by atoms with Crippen LogP contribution in [0.1, 0.15) is 18.9 Å². The molecule has 16 heavy (non-hydrogen) atoms. The molecule has 1 amide bonds. The average molecular weight is 217 g/mol. The van der Waals surface area contributed by atoms with Gasteiger partial charge < -0.3 is 10.4 Å². The standard InChI is InChI=1S/C12H11NO3/c1-9(14)13-11-7-5-10(6-8-11)3-2-4-12(15)16/h5-8H,4H2,1H3,(H,13,14)(H,15,16). The minimum atomic E-state index is -0.942. The molecule has 0 aromatic heterocycles. The molecule has 1 rings (SSSR count). The minimum absolute atomic E-state index is 0.135. The van der Waals surface area contributed by atoms with Gasteiger partial charge in [0.15, 0.2) is 0 Å². The summed E-state index contributed by atoms with van der Waals surface area (Å²) in [5.74, 6) is 4.16. The summed E-state index contributed by atoms with van der Waals surface area (Å²) >= 11 is 0. The predicted octanol–water partition coefficient (Wildman–Crippen LogP) is 1.47. The van der Waals surface area contributed by atoms with Gasteiger partial charge in [-0.25, -0.2) is 0 Å². The summed E-state index contributed by atoms with van der Waals surface area (Å²) in [6, 6.07) is 6.87. The van der Waals surface area contributed by atoms with Gasteiger partial charge in [0.1, 0.15) is 6.42 Å². The topological polar surface area (TPSA) is 66.4 Å². The highest BCUT2D eigenvalue weighted by atomic mass is 16.4. The van der Waals surface area contributed by atoms with Crippen LogP contribution in [0.25, 0.3) is 0 Å². The minimum Gasteiger partial charge on any atom is -0.481 e. The zero-order chi connectivity index (χ0) is 12.0. The molecule has 0 unspecified atom stereocenters. The van der Waals surface area contributed by atoms with Gasteiger partial charge in [0.2, 0.25) is 5.91 Å². The first-order chi connectivity index (χ1) is 7.58. The smallest absolute Gasteiger partial charge is 0.315 e. The van der Waals surface area contributed by atoms with Crippen LogP contribution in [0.4, 0.5) is 5.69 Å². The Morgan fingerprint density at radius 3 is 2.44 bits per heavy atom. The van der Waals surface area contributed by atoms with E-state index in [-0.39, 0.29) is 12.3 Å². The predicted molar refractivity (Wildman–Crippen MR) is 59.9 cm³/mol. The van der Waals surface area contributed by atoms with E-state index >= 15 is 0 Å². The highest BCUT2D eigenvalue weighted by Crippen LogP contribution is 2.08. The SMILES string of the molecule is CC(=O)Nc1ccc(C#CCC(=O)O)cc1. The van der Waals surface area contributed by atoms with E-state index in [1.54, 1.807) is 24.3 Å². The van der Waals surface area contributed by atoms with Crippen LogP contribution in [0.2, 0.25) is 0 Å². The lowest BCUT2D eigenvalue weighted by atomic mass is 10.2. The number of amides is 1. The lowest BCUT2D eigenvalue weighted by Gasteiger charge is -2.00. The summed E-state index contributed by atoms with van der Waals surface area (Å²) in [7, 11) is 0. The summed E-state index contributed by atoms with van der Waals surface area (Å²) in [5.41, 5.74) is 1.41. The van der Waals surface area contributed by atoms with Crippen LogP contribution in [0.15, 0.2) is 24.3 Å². The number of carbonyl (C=O) groups is 2. The molecule has 0 saturated heterocycles. The molecule has 0 aliphatic heterocycles. The maximum absolute atomic E-state index is 10.7. The van der Waals surface area contributed by atoms with Gasteiger partial charge >= 0.3 is 5.97 Å². The van der Waals surface area contributed by atoms with E-state index in [1.807, 2.05) is 0 Å². The number of carboxylic acid groups (broad SMARTS) is 1. The van der Waals surface area contributed by atoms with Crippen molar-refractivity contribution in [2.75, 3.05) is 5.32 Å². The van der Waals surface area contributed by atoms with Gasteiger partial charge in [-0.05, 0) is 24.3 Å². The Hall–Kier alpha value is -2.28. The number of hydrogen-bond acceptors (Lipinski definition) is 2. The van der Waals surface area contributed by atoms with Crippen LogP contribution < -0.4 is 5.32 Å². The van der Waals surface area contributed by atoms with Gasteiger partial charge in [0.25, 0.3) is 0 Å². The maximum atomic E-state index is 10.7. The third-order valence-electron chi connectivity index (χ3n) is 1.68. The summed E-state index contributed by atoms with van der Waals surface area (Å²) in [5, 5.41) is 11.0. The van der Waals surface area contributed by atoms with Crippen LogP contribution in [0.3, 0.4) is 0 Å². The van der Waals surface area contributed by atoms with Crippen LogP contribution >= 0.6 is 0 Å². The average Bonchev–Trinajstić information content (AvgIpc) is 2.19. The fourth-order valence-electron chi connectivity index (χ4n) is 1.06. The van der Waals surface area contributed by atoms with Crippen LogP contribution in [0.5, 0.6) is 0 Å². The van der Waals surface area contributed by atoms with Crippen LogP contribution in [-0.4, -0.2) is 17.0 Å². The molecule has 4 nitrogen and oxygen atoms in total. The number of rotatable bonds is 2. The second-order valence-corrected chi connectivity index (χ2v) is 3.13. The quantitative estimate of drug-likeness (QED) is 0.737. The fourth-order valence-corrected chi connectivity index (χ4v) is 1.06. The van der Waals surface area contributed by atoms with Gasteiger partial charge in [0.05, 0.1) is 0 Å². The Morgan fingerprint density at radius 1 is 1.31 bits per heavy atom. The summed E-state index contributed by atoms with van der Waals surface area (Å²) in [6.07, 6.45) is -0.173. The van der Waals surface area contributed by atoms with E-state index in [2.05, 4.69) is 17.2 Å². The largest absolute Gasteiger partial charge is 0.481 e. The lowest BCUT2D eigenvalue weighted by molar-refractivity contribution is -0.135. The van der Waals surface area contributed by atoms with Crippen molar-refractivity contribution < 1.29 is 14.7 Å². The van der Waals surface area contributed by atoms with Gasteiger partial charge in [-0.1, -0.05) is 11.8 Å². The Labute approximate surface area is 93.3 Å². The monoisotopic (exact) mass is 217 g/mol. The lowest BCUT2D eigenvalue weighted by Crippen LogP contribution is -2.05. The molecule has 0 bridgehead atoms. The van der Waals surface area contributed by atoms with Crippen molar-refractivity contribution in [1.29, 1.82) is 0 Å². The third kappa shape index (κ3) is 4.29. The number of aliphatic carboxylic acids is 1. The molecule has 0 atom stereocenters. The molecule has 0 radical (unpaired) electrons. The molecule has 0 aliphatic rings. The molecule has 2 N–H and O–H groups in total. The van der Waals surface area contributed by atoms with Crippen molar-refractivity contribution in [1.82, 2.24) is 0 Å². The van der Waals surface area contributed by atoms with E-state index in [0.717, 1.165) is 5.56 Å². The molecule has 4 heteroatoms. The molecule has 0 heterocycles. The first-order valence-electron chi connectivity index (χ1n) is 4.66. The molecule has 0 aliphatic carbocycles. The van der Waals surface area contributed by atoms with E-state index < -0.39 is 5.97 Å². The zero-order valence-electron chi connectivity index (χ0n) is 8.78. The summed E-state index contributed by atoms with van der Waals surface area (Å²) < 4.78 is 0. The third-order valence-corrected chi connectivity index (χ3v) is 1.68. The molecule has 0 fully saturated rings. The highest BCUT2D eigenvalue weighted by molar-refractivity contribution is 5.88. The number of hydrogen-bond donors (Lipinski definition) is 2. The van der Waals surface area contributed by atoms with Crippen LogP contribution in [-0.2, 0) is 9.59 Å². The van der Waals surface area contributed by atoms with Crippen molar-refractivity contribution in [2.24, 2.45) is 0 Å². The molecular formula is C12H11NO3. The Morgan fingerprint density at radius 2 is 1.94 bits per heavy atom.